The molecule has 1 N–H and O–H groups in total. The molecule has 0 fully saturated rings. The lowest BCUT2D eigenvalue weighted by molar-refractivity contribution is 0.506. The van der Waals surface area contributed by atoms with Crippen LogP contribution in [-0.4, -0.2) is 0 Å². The second kappa shape index (κ2) is 5.36. The third-order valence-corrected chi connectivity index (χ3v) is 2.92. The topological polar surface area (TPSA) is 12.0 Å². The van der Waals surface area contributed by atoms with Gasteiger partial charge in [0.1, 0.15) is 0 Å². The molecule has 2 aromatic carbocycles. The Bertz CT molecular complexity index is 540. The fourth-order valence-electron chi connectivity index (χ4n) is 1.66. The molecule has 0 radical (unpaired) electrons. The molecule has 0 aliphatic rings. The van der Waals surface area contributed by atoms with Crippen LogP contribution in [-0.2, 0) is 0 Å². The molecule has 0 amide bonds. The Morgan fingerprint density at radius 2 is 1.67 bits per heavy atom. The van der Waals surface area contributed by atoms with E-state index in [0.29, 0.717) is 10.6 Å². The molecule has 0 aliphatic heterocycles. The molecule has 2 aromatic rings. The minimum atomic E-state index is -0.836. The molecule has 0 aliphatic carbocycles. The fourth-order valence-corrected chi connectivity index (χ4v) is 1.79. The second-order valence-corrected chi connectivity index (χ2v) is 4.48. The number of hydrogen-bond donors (Lipinski definition) is 1. The average molecular weight is 268 g/mol. The summed E-state index contributed by atoms with van der Waals surface area (Å²) in [5.41, 5.74) is 1.56. The van der Waals surface area contributed by atoms with Crippen molar-refractivity contribution < 1.29 is 8.78 Å². The van der Waals surface area contributed by atoms with E-state index < -0.39 is 11.6 Å². The number of anilines is 1. The SMILES string of the molecule is CC(Nc1ccc(Cl)cc1)c1ccc(F)c(F)c1. The van der Waals surface area contributed by atoms with E-state index in [4.69, 9.17) is 11.6 Å². The Morgan fingerprint density at radius 1 is 1.00 bits per heavy atom. The second-order valence-electron chi connectivity index (χ2n) is 4.05. The van der Waals surface area contributed by atoms with Gasteiger partial charge in [-0.2, -0.15) is 0 Å². The van der Waals surface area contributed by atoms with Gasteiger partial charge in [-0.3, -0.25) is 0 Å². The van der Waals surface area contributed by atoms with Crippen LogP contribution >= 0.6 is 11.6 Å². The van der Waals surface area contributed by atoms with Gasteiger partial charge in [0.25, 0.3) is 0 Å². The summed E-state index contributed by atoms with van der Waals surface area (Å²) >= 11 is 5.78. The highest BCUT2D eigenvalue weighted by Crippen LogP contribution is 2.22. The Balaban J connectivity index is 2.13. The fraction of sp³-hybridized carbons (Fsp3) is 0.143. The van der Waals surface area contributed by atoms with Gasteiger partial charge in [-0.1, -0.05) is 17.7 Å². The average Bonchev–Trinajstić information content (AvgIpc) is 2.35. The zero-order valence-electron chi connectivity index (χ0n) is 9.75. The minimum Gasteiger partial charge on any atom is -0.379 e. The number of hydrogen-bond acceptors (Lipinski definition) is 1. The molecular weight excluding hydrogens is 256 g/mol. The van der Waals surface area contributed by atoms with Crippen molar-refractivity contribution in [1.82, 2.24) is 0 Å². The first kappa shape index (κ1) is 12.8. The van der Waals surface area contributed by atoms with Gasteiger partial charge in [0.05, 0.1) is 0 Å². The summed E-state index contributed by atoms with van der Waals surface area (Å²) in [6.07, 6.45) is 0. The van der Waals surface area contributed by atoms with Crippen molar-refractivity contribution in [1.29, 1.82) is 0 Å². The molecule has 1 unspecified atom stereocenters. The summed E-state index contributed by atoms with van der Waals surface area (Å²) in [5.74, 6) is -1.67. The molecule has 0 saturated carbocycles. The molecule has 2 rings (SSSR count). The number of halogens is 3. The highest BCUT2D eigenvalue weighted by Gasteiger charge is 2.09. The predicted molar refractivity (Wildman–Crippen MR) is 69.8 cm³/mol. The quantitative estimate of drug-likeness (QED) is 0.843. The Morgan fingerprint density at radius 3 is 2.28 bits per heavy atom. The van der Waals surface area contributed by atoms with E-state index >= 15 is 0 Å². The third-order valence-electron chi connectivity index (χ3n) is 2.67. The first-order chi connectivity index (χ1) is 8.56. The molecular formula is C14H12ClF2N. The monoisotopic (exact) mass is 267 g/mol. The molecule has 0 bridgehead atoms. The number of rotatable bonds is 3. The van der Waals surface area contributed by atoms with Crippen molar-refractivity contribution >= 4 is 17.3 Å². The Hall–Kier alpha value is -1.61. The van der Waals surface area contributed by atoms with Crippen molar-refractivity contribution in [3.63, 3.8) is 0 Å². The number of benzene rings is 2. The van der Waals surface area contributed by atoms with Crippen LogP contribution in [0.1, 0.15) is 18.5 Å². The van der Waals surface area contributed by atoms with Gasteiger partial charge in [0.2, 0.25) is 0 Å². The highest BCUT2D eigenvalue weighted by molar-refractivity contribution is 6.30. The first-order valence-corrected chi connectivity index (χ1v) is 5.91. The Labute approximate surface area is 109 Å². The van der Waals surface area contributed by atoms with Gasteiger partial charge in [0, 0.05) is 16.8 Å². The molecule has 0 spiro atoms. The van der Waals surface area contributed by atoms with Crippen LogP contribution in [0.15, 0.2) is 42.5 Å². The van der Waals surface area contributed by atoms with Crippen molar-refractivity contribution in [2.24, 2.45) is 0 Å². The van der Waals surface area contributed by atoms with E-state index in [-0.39, 0.29) is 6.04 Å². The minimum absolute atomic E-state index is 0.124. The van der Waals surface area contributed by atoms with Crippen molar-refractivity contribution in [3.8, 4) is 0 Å². The van der Waals surface area contributed by atoms with E-state index in [0.717, 1.165) is 11.8 Å². The van der Waals surface area contributed by atoms with Gasteiger partial charge < -0.3 is 5.32 Å². The van der Waals surface area contributed by atoms with Gasteiger partial charge in [-0.25, -0.2) is 8.78 Å². The smallest absolute Gasteiger partial charge is 0.159 e. The molecule has 0 aromatic heterocycles. The van der Waals surface area contributed by atoms with Gasteiger partial charge in [-0.05, 0) is 48.9 Å². The van der Waals surface area contributed by atoms with Crippen LogP contribution < -0.4 is 5.32 Å². The summed E-state index contributed by atoms with van der Waals surface area (Å²) in [5, 5.41) is 3.84. The zero-order chi connectivity index (χ0) is 13.1. The molecule has 1 atom stereocenters. The molecule has 94 valence electrons. The van der Waals surface area contributed by atoms with Crippen LogP contribution in [0.25, 0.3) is 0 Å². The molecule has 0 heterocycles. The molecule has 1 nitrogen and oxygen atoms in total. The maximum Gasteiger partial charge on any atom is 0.159 e. The maximum absolute atomic E-state index is 13.1. The zero-order valence-corrected chi connectivity index (χ0v) is 10.5. The summed E-state index contributed by atoms with van der Waals surface area (Å²) < 4.78 is 25.9. The Kier molecular flexibility index (Phi) is 3.82. The normalized spacial score (nSPS) is 12.2. The lowest BCUT2D eigenvalue weighted by atomic mass is 10.1. The summed E-state index contributed by atoms with van der Waals surface area (Å²) in [6.45, 7) is 1.88. The summed E-state index contributed by atoms with van der Waals surface area (Å²) in [6, 6.07) is 11.0. The van der Waals surface area contributed by atoms with Gasteiger partial charge in [-0.15, -0.1) is 0 Å². The van der Waals surface area contributed by atoms with Crippen molar-refractivity contribution in [2.75, 3.05) is 5.32 Å². The lowest BCUT2D eigenvalue weighted by Gasteiger charge is -2.16. The summed E-state index contributed by atoms with van der Waals surface area (Å²) in [4.78, 5) is 0. The molecule has 4 heteroatoms. The maximum atomic E-state index is 13.1. The van der Waals surface area contributed by atoms with Gasteiger partial charge >= 0.3 is 0 Å². The van der Waals surface area contributed by atoms with Crippen LogP contribution in [0.3, 0.4) is 0 Å². The van der Waals surface area contributed by atoms with Crippen LogP contribution in [0.4, 0.5) is 14.5 Å². The van der Waals surface area contributed by atoms with Crippen LogP contribution in [0, 0.1) is 11.6 Å². The van der Waals surface area contributed by atoms with Crippen molar-refractivity contribution in [3.05, 3.63) is 64.7 Å². The van der Waals surface area contributed by atoms with E-state index in [1.807, 2.05) is 19.1 Å². The van der Waals surface area contributed by atoms with Gasteiger partial charge in [0.15, 0.2) is 11.6 Å². The third kappa shape index (κ3) is 2.99. The first-order valence-electron chi connectivity index (χ1n) is 5.53. The standard InChI is InChI=1S/C14H12ClF2N/c1-9(10-2-7-13(16)14(17)8-10)18-12-5-3-11(15)4-6-12/h2-9,18H,1H3. The lowest BCUT2D eigenvalue weighted by Crippen LogP contribution is -2.07. The van der Waals surface area contributed by atoms with E-state index in [9.17, 15) is 8.78 Å². The van der Waals surface area contributed by atoms with Crippen LogP contribution in [0.2, 0.25) is 5.02 Å². The van der Waals surface area contributed by atoms with Crippen LogP contribution in [0.5, 0.6) is 0 Å². The van der Waals surface area contributed by atoms with E-state index in [2.05, 4.69) is 5.32 Å². The van der Waals surface area contributed by atoms with E-state index in [1.165, 1.54) is 6.07 Å². The molecule has 18 heavy (non-hydrogen) atoms. The number of nitrogens with one attached hydrogen (secondary N) is 1. The van der Waals surface area contributed by atoms with E-state index in [1.54, 1.807) is 18.2 Å². The summed E-state index contributed by atoms with van der Waals surface area (Å²) in [7, 11) is 0. The molecule has 0 saturated heterocycles. The largest absolute Gasteiger partial charge is 0.379 e. The van der Waals surface area contributed by atoms with Crippen molar-refractivity contribution in [2.45, 2.75) is 13.0 Å². The predicted octanol–water partition coefficient (Wildman–Crippen LogP) is 4.79. The highest BCUT2D eigenvalue weighted by atomic mass is 35.5.